The number of aromatic nitrogens is 3. The molecule has 7 nitrogen and oxygen atoms in total. The smallest absolute Gasteiger partial charge is 0.224 e. The number of carbonyl (C=O) groups excluding carboxylic acids is 1. The van der Waals surface area contributed by atoms with E-state index < -0.39 is 0 Å². The Kier molecular flexibility index (Phi) is 3.72. The summed E-state index contributed by atoms with van der Waals surface area (Å²) in [5, 5.41) is 0.589. The second-order valence-electron chi connectivity index (χ2n) is 6.69. The average molecular weight is 348 g/mol. The highest BCUT2D eigenvalue weighted by molar-refractivity contribution is 6.13. The molecule has 26 heavy (non-hydrogen) atoms. The average Bonchev–Trinajstić information content (AvgIpc) is 2.60. The Balaban J connectivity index is 2.08. The molecule has 3 aromatic rings. The van der Waals surface area contributed by atoms with Crippen molar-refractivity contribution < 1.29 is 4.79 Å². The van der Waals surface area contributed by atoms with Crippen molar-refractivity contribution in [3.05, 3.63) is 35.5 Å². The summed E-state index contributed by atoms with van der Waals surface area (Å²) in [7, 11) is 3.97. The van der Waals surface area contributed by atoms with Crippen LogP contribution in [-0.4, -0.2) is 34.8 Å². The van der Waals surface area contributed by atoms with E-state index >= 15 is 0 Å². The molecule has 2 aromatic heterocycles. The van der Waals surface area contributed by atoms with Crippen LogP contribution in [0.15, 0.2) is 24.3 Å². The molecule has 0 unspecified atom stereocenters. The Morgan fingerprint density at radius 2 is 1.69 bits per heavy atom. The summed E-state index contributed by atoms with van der Waals surface area (Å²) < 4.78 is 0. The third-order valence-electron chi connectivity index (χ3n) is 4.73. The van der Waals surface area contributed by atoms with Gasteiger partial charge in [0.2, 0.25) is 5.95 Å². The molecular formula is C19H20N6O. The molecule has 0 spiro atoms. The van der Waals surface area contributed by atoms with Crippen LogP contribution in [0.5, 0.6) is 0 Å². The number of pyridine rings is 1. The molecular weight excluding hydrogens is 328 g/mol. The first-order valence-corrected chi connectivity index (χ1v) is 8.52. The van der Waals surface area contributed by atoms with Gasteiger partial charge in [0.1, 0.15) is 5.82 Å². The zero-order valence-electron chi connectivity index (χ0n) is 14.8. The van der Waals surface area contributed by atoms with Gasteiger partial charge in [0, 0.05) is 37.3 Å². The maximum Gasteiger partial charge on any atom is 0.224 e. The van der Waals surface area contributed by atoms with Crippen molar-refractivity contribution in [3.63, 3.8) is 0 Å². The molecule has 1 aromatic carbocycles. The highest BCUT2D eigenvalue weighted by Gasteiger charge is 2.27. The van der Waals surface area contributed by atoms with Gasteiger partial charge in [0.15, 0.2) is 11.4 Å². The van der Waals surface area contributed by atoms with Gasteiger partial charge in [-0.15, -0.1) is 0 Å². The highest BCUT2D eigenvalue weighted by atomic mass is 16.1. The molecule has 7 heteroatoms. The van der Waals surface area contributed by atoms with Crippen molar-refractivity contribution >= 4 is 34.3 Å². The van der Waals surface area contributed by atoms with Gasteiger partial charge in [-0.1, -0.05) is 12.1 Å². The van der Waals surface area contributed by atoms with E-state index in [0.717, 1.165) is 35.3 Å². The summed E-state index contributed by atoms with van der Waals surface area (Å²) in [6, 6.07) is 8.00. The largest absolute Gasteiger partial charge is 0.383 e. The standard InChI is InChI=1S/C19H20N6O/c1-25(2)11-8-6-10(7-9-11)14-15-12(4-3-5-13(15)26)22-18-16(14)17(20)23-19(21)24-18/h6-9H,3-5H2,1-2H3,(H4,20,21,22,23,24). The third-order valence-corrected chi connectivity index (χ3v) is 4.73. The van der Waals surface area contributed by atoms with Crippen LogP contribution in [0.25, 0.3) is 22.2 Å². The minimum absolute atomic E-state index is 0.0819. The number of aryl methyl sites for hydroxylation is 1. The van der Waals surface area contributed by atoms with Crippen molar-refractivity contribution in [1.82, 2.24) is 15.0 Å². The second kappa shape index (κ2) is 5.94. The van der Waals surface area contributed by atoms with Crippen molar-refractivity contribution in [2.24, 2.45) is 0 Å². The topological polar surface area (TPSA) is 111 Å². The lowest BCUT2D eigenvalue weighted by molar-refractivity contribution is 0.0972. The van der Waals surface area contributed by atoms with Gasteiger partial charge < -0.3 is 16.4 Å². The van der Waals surface area contributed by atoms with Gasteiger partial charge in [-0.2, -0.15) is 9.97 Å². The first-order chi connectivity index (χ1) is 12.5. The highest BCUT2D eigenvalue weighted by Crippen LogP contribution is 2.38. The molecule has 0 saturated carbocycles. The zero-order chi connectivity index (χ0) is 18.4. The lowest BCUT2D eigenvalue weighted by atomic mass is 9.86. The first-order valence-electron chi connectivity index (χ1n) is 8.52. The van der Waals surface area contributed by atoms with E-state index in [-0.39, 0.29) is 17.5 Å². The summed E-state index contributed by atoms with van der Waals surface area (Å²) >= 11 is 0. The number of nitrogen functional groups attached to an aromatic ring is 2. The fourth-order valence-electron chi connectivity index (χ4n) is 3.49. The van der Waals surface area contributed by atoms with Crippen LogP contribution in [0.3, 0.4) is 0 Å². The van der Waals surface area contributed by atoms with Crippen LogP contribution in [0.1, 0.15) is 28.9 Å². The molecule has 1 aliphatic carbocycles. The number of fused-ring (bicyclic) bond motifs is 2. The molecule has 0 radical (unpaired) electrons. The summed E-state index contributed by atoms with van der Waals surface area (Å²) in [5.41, 5.74) is 16.5. The molecule has 4 rings (SSSR count). The van der Waals surface area contributed by atoms with E-state index in [2.05, 4.69) is 15.0 Å². The van der Waals surface area contributed by atoms with Gasteiger partial charge in [0.05, 0.1) is 11.1 Å². The predicted molar refractivity (Wildman–Crippen MR) is 103 cm³/mol. The van der Waals surface area contributed by atoms with Crippen LogP contribution in [0, 0.1) is 0 Å². The molecule has 0 atom stereocenters. The van der Waals surface area contributed by atoms with Gasteiger partial charge in [0.25, 0.3) is 0 Å². The van der Waals surface area contributed by atoms with E-state index in [1.54, 1.807) is 0 Å². The lowest BCUT2D eigenvalue weighted by Crippen LogP contribution is -2.16. The van der Waals surface area contributed by atoms with Crippen molar-refractivity contribution in [2.75, 3.05) is 30.5 Å². The first kappa shape index (κ1) is 16.3. The normalized spacial score (nSPS) is 13.7. The quantitative estimate of drug-likeness (QED) is 0.731. The number of anilines is 3. The number of hydrogen-bond donors (Lipinski definition) is 2. The maximum atomic E-state index is 12.7. The fraction of sp³-hybridized carbons (Fsp3) is 0.263. The molecule has 132 valence electrons. The molecule has 0 fully saturated rings. The minimum atomic E-state index is 0.0819. The summed E-state index contributed by atoms with van der Waals surface area (Å²) in [5.74, 6) is 0.412. The fourth-order valence-corrected chi connectivity index (χ4v) is 3.49. The molecule has 0 saturated heterocycles. The van der Waals surface area contributed by atoms with E-state index in [1.807, 2.05) is 43.3 Å². The van der Waals surface area contributed by atoms with Gasteiger partial charge in [-0.05, 0) is 30.5 Å². The van der Waals surface area contributed by atoms with Gasteiger partial charge >= 0.3 is 0 Å². The number of nitrogens with two attached hydrogens (primary N) is 2. The van der Waals surface area contributed by atoms with Crippen molar-refractivity contribution in [1.29, 1.82) is 0 Å². The number of benzene rings is 1. The van der Waals surface area contributed by atoms with E-state index in [9.17, 15) is 4.79 Å². The number of ketones is 1. The maximum absolute atomic E-state index is 12.7. The van der Waals surface area contributed by atoms with Crippen LogP contribution >= 0.6 is 0 Å². The van der Waals surface area contributed by atoms with E-state index in [1.165, 1.54) is 0 Å². The van der Waals surface area contributed by atoms with Gasteiger partial charge in [-0.3, -0.25) is 4.79 Å². The third kappa shape index (κ3) is 2.52. The van der Waals surface area contributed by atoms with E-state index in [0.29, 0.717) is 23.0 Å². The Hall–Kier alpha value is -3.22. The molecule has 0 aliphatic heterocycles. The predicted octanol–water partition coefficient (Wildman–Crippen LogP) is 2.44. The molecule has 0 bridgehead atoms. The number of Topliss-reactive ketones (excluding diaryl/α,β-unsaturated/α-hetero) is 1. The van der Waals surface area contributed by atoms with Crippen LogP contribution in [-0.2, 0) is 6.42 Å². The Morgan fingerprint density at radius 1 is 0.962 bits per heavy atom. The summed E-state index contributed by atoms with van der Waals surface area (Å²) in [4.78, 5) is 27.7. The summed E-state index contributed by atoms with van der Waals surface area (Å²) in [6.07, 6.45) is 2.04. The SMILES string of the molecule is CN(C)c1ccc(-c2c3c(nc4nc(N)nc(N)c24)CCCC3=O)cc1. The number of carbonyl (C=O) groups is 1. The Bertz CT molecular complexity index is 1030. The monoisotopic (exact) mass is 348 g/mol. The van der Waals surface area contributed by atoms with Gasteiger partial charge in [-0.25, -0.2) is 4.98 Å². The zero-order valence-corrected chi connectivity index (χ0v) is 14.8. The van der Waals surface area contributed by atoms with Crippen LogP contribution < -0.4 is 16.4 Å². The Morgan fingerprint density at radius 3 is 2.38 bits per heavy atom. The second-order valence-corrected chi connectivity index (χ2v) is 6.69. The molecule has 2 heterocycles. The van der Waals surface area contributed by atoms with Crippen molar-refractivity contribution in [3.8, 4) is 11.1 Å². The molecule has 0 amide bonds. The lowest BCUT2D eigenvalue weighted by Gasteiger charge is -2.21. The Labute approximate surface area is 151 Å². The van der Waals surface area contributed by atoms with E-state index in [4.69, 9.17) is 11.5 Å². The molecule has 1 aliphatic rings. The van der Waals surface area contributed by atoms with Crippen LogP contribution in [0.4, 0.5) is 17.5 Å². The van der Waals surface area contributed by atoms with Crippen LogP contribution in [0.2, 0.25) is 0 Å². The number of nitrogens with zero attached hydrogens (tertiary/aromatic N) is 4. The number of rotatable bonds is 2. The minimum Gasteiger partial charge on any atom is -0.383 e. The molecule has 4 N–H and O–H groups in total. The summed E-state index contributed by atoms with van der Waals surface area (Å²) in [6.45, 7) is 0. The van der Waals surface area contributed by atoms with Crippen molar-refractivity contribution in [2.45, 2.75) is 19.3 Å². The number of hydrogen-bond acceptors (Lipinski definition) is 7.